The lowest BCUT2D eigenvalue weighted by atomic mass is 10.0. The molecule has 0 bridgehead atoms. The molecule has 0 saturated carbocycles. The van der Waals surface area contributed by atoms with Crippen molar-refractivity contribution in [3.05, 3.63) is 157 Å². The topological polar surface area (TPSA) is 67.4 Å². The first kappa shape index (κ1) is 26.3. The average molecular weight is 576 g/mol. The summed E-state index contributed by atoms with van der Waals surface area (Å²) in [5.74, 6) is 1.90. The van der Waals surface area contributed by atoms with Gasteiger partial charge in [-0.05, 0) is 53.6 Å². The molecule has 0 atom stereocenters. The van der Waals surface area contributed by atoms with Gasteiger partial charge in [-0.15, -0.1) is 0 Å². The fraction of sp³-hybridized carbons (Fsp3) is 0. The van der Waals surface area contributed by atoms with E-state index in [2.05, 4.69) is 65.2 Å². The van der Waals surface area contributed by atoms with Crippen LogP contribution in [-0.4, -0.2) is 19.5 Å². The Bertz CT molecular complexity index is 2300. The van der Waals surface area contributed by atoms with Gasteiger partial charge in [0.25, 0.3) is 0 Å². The second kappa shape index (κ2) is 11.0. The largest absolute Gasteiger partial charge is 0.309 e. The van der Waals surface area contributed by atoms with Crippen LogP contribution in [0.1, 0.15) is 5.56 Å². The van der Waals surface area contributed by atoms with E-state index in [0.29, 0.717) is 23.0 Å². The van der Waals surface area contributed by atoms with Crippen molar-refractivity contribution in [3.63, 3.8) is 0 Å². The Kier molecular flexibility index (Phi) is 6.44. The van der Waals surface area contributed by atoms with Gasteiger partial charge < -0.3 is 4.57 Å². The van der Waals surface area contributed by atoms with Crippen LogP contribution < -0.4 is 0 Å². The first-order chi connectivity index (χ1) is 22.2. The summed E-state index contributed by atoms with van der Waals surface area (Å²) >= 11 is 0. The number of para-hydroxylation sites is 1. The van der Waals surface area contributed by atoms with Crippen LogP contribution in [0.3, 0.4) is 0 Å². The van der Waals surface area contributed by atoms with Crippen LogP contribution in [-0.2, 0) is 0 Å². The number of hydrogen-bond acceptors (Lipinski definition) is 4. The molecular formula is C40H25N5. The first-order valence-corrected chi connectivity index (χ1v) is 14.8. The van der Waals surface area contributed by atoms with Crippen LogP contribution in [0.5, 0.6) is 0 Å². The van der Waals surface area contributed by atoms with Crippen molar-refractivity contribution in [2.75, 3.05) is 0 Å². The lowest BCUT2D eigenvalue weighted by Gasteiger charge is -2.10. The second-order valence-electron chi connectivity index (χ2n) is 10.9. The van der Waals surface area contributed by atoms with Crippen LogP contribution in [0.2, 0.25) is 0 Å². The predicted octanol–water partition coefficient (Wildman–Crippen LogP) is 9.51. The zero-order valence-corrected chi connectivity index (χ0v) is 24.2. The molecule has 0 aliphatic carbocycles. The predicted molar refractivity (Wildman–Crippen MR) is 181 cm³/mol. The first-order valence-electron chi connectivity index (χ1n) is 14.8. The molecule has 2 aromatic heterocycles. The van der Waals surface area contributed by atoms with Crippen LogP contribution in [0, 0.1) is 11.3 Å². The van der Waals surface area contributed by atoms with Crippen molar-refractivity contribution in [1.29, 1.82) is 5.26 Å². The van der Waals surface area contributed by atoms with E-state index in [4.69, 9.17) is 15.0 Å². The maximum Gasteiger partial charge on any atom is 0.164 e. The smallest absolute Gasteiger partial charge is 0.164 e. The Balaban J connectivity index is 1.22. The molecule has 0 spiro atoms. The van der Waals surface area contributed by atoms with Gasteiger partial charge in [-0.1, -0.05) is 109 Å². The number of fused-ring (bicyclic) bond motifs is 3. The van der Waals surface area contributed by atoms with E-state index >= 15 is 0 Å². The third-order valence-corrected chi connectivity index (χ3v) is 8.08. The lowest BCUT2D eigenvalue weighted by molar-refractivity contribution is 1.07. The minimum atomic E-state index is 0.625. The molecule has 0 N–H and O–H groups in total. The van der Waals surface area contributed by atoms with Gasteiger partial charge in [-0.2, -0.15) is 5.26 Å². The van der Waals surface area contributed by atoms with E-state index in [-0.39, 0.29) is 0 Å². The van der Waals surface area contributed by atoms with E-state index < -0.39 is 0 Å². The van der Waals surface area contributed by atoms with E-state index in [1.165, 1.54) is 0 Å². The molecule has 5 nitrogen and oxygen atoms in total. The van der Waals surface area contributed by atoms with Crippen LogP contribution in [0.4, 0.5) is 0 Å². The summed E-state index contributed by atoms with van der Waals surface area (Å²) in [5.41, 5.74) is 8.87. The summed E-state index contributed by atoms with van der Waals surface area (Å²) in [6.45, 7) is 0. The molecule has 0 unspecified atom stereocenters. The maximum absolute atomic E-state index is 9.64. The average Bonchev–Trinajstić information content (AvgIpc) is 3.45. The zero-order valence-electron chi connectivity index (χ0n) is 24.2. The number of nitriles is 1. The minimum Gasteiger partial charge on any atom is -0.309 e. The number of aromatic nitrogens is 4. The van der Waals surface area contributed by atoms with E-state index in [9.17, 15) is 5.26 Å². The summed E-state index contributed by atoms with van der Waals surface area (Å²) in [5, 5.41) is 11.8. The van der Waals surface area contributed by atoms with Crippen molar-refractivity contribution in [2.45, 2.75) is 0 Å². The number of rotatable bonds is 5. The monoisotopic (exact) mass is 575 g/mol. The molecule has 5 heteroatoms. The molecule has 8 rings (SSSR count). The van der Waals surface area contributed by atoms with Gasteiger partial charge in [-0.3, -0.25) is 0 Å². The van der Waals surface area contributed by atoms with E-state index in [1.807, 2.05) is 97.1 Å². The maximum atomic E-state index is 9.64. The third kappa shape index (κ3) is 4.81. The summed E-state index contributed by atoms with van der Waals surface area (Å²) in [7, 11) is 0. The summed E-state index contributed by atoms with van der Waals surface area (Å²) in [6.07, 6.45) is 0. The molecule has 0 aliphatic heterocycles. The van der Waals surface area contributed by atoms with E-state index in [0.717, 1.165) is 55.3 Å². The van der Waals surface area contributed by atoms with Crippen LogP contribution in [0.15, 0.2) is 152 Å². The Labute approximate surface area is 260 Å². The normalized spacial score (nSPS) is 11.1. The van der Waals surface area contributed by atoms with Crippen molar-refractivity contribution >= 4 is 21.8 Å². The number of nitrogens with zero attached hydrogens (tertiary/aromatic N) is 5. The number of hydrogen-bond donors (Lipinski definition) is 0. The van der Waals surface area contributed by atoms with Gasteiger partial charge in [0.15, 0.2) is 17.5 Å². The molecule has 6 aromatic carbocycles. The van der Waals surface area contributed by atoms with Crippen molar-refractivity contribution in [1.82, 2.24) is 19.5 Å². The Morgan fingerprint density at radius 3 is 1.42 bits per heavy atom. The minimum absolute atomic E-state index is 0.625. The van der Waals surface area contributed by atoms with Crippen LogP contribution >= 0.6 is 0 Å². The van der Waals surface area contributed by atoms with Gasteiger partial charge in [0.2, 0.25) is 0 Å². The Morgan fingerprint density at radius 1 is 0.422 bits per heavy atom. The van der Waals surface area contributed by atoms with Gasteiger partial charge in [0.05, 0.1) is 22.7 Å². The molecular weight excluding hydrogens is 550 g/mol. The van der Waals surface area contributed by atoms with Gasteiger partial charge in [0, 0.05) is 33.2 Å². The van der Waals surface area contributed by atoms with Gasteiger partial charge in [-0.25, -0.2) is 15.0 Å². The quantitative estimate of drug-likeness (QED) is 0.205. The highest BCUT2D eigenvalue weighted by Gasteiger charge is 2.15. The zero-order chi connectivity index (χ0) is 30.2. The molecule has 0 saturated heterocycles. The highest BCUT2D eigenvalue weighted by Crippen LogP contribution is 2.36. The van der Waals surface area contributed by atoms with Crippen molar-refractivity contribution < 1.29 is 0 Å². The molecule has 0 amide bonds. The fourth-order valence-corrected chi connectivity index (χ4v) is 5.88. The molecule has 45 heavy (non-hydrogen) atoms. The Hall–Kier alpha value is -6.38. The molecule has 0 radical (unpaired) electrons. The molecule has 210 valence electrons. The summed E-state index contributed by atoms with van der Waals surface area (Å²) in [4.78, 5) is 14.6. The number of benzene rings is 6. The van der Waals surface area contributed by atoms with E-state index in [1.54, 1.807) is 0 Å². The standard InChI is InChI=1S/C40H25N5/c41-26-27-16-22-36-34(24-27)35-25-32(21-23-37(35)45(36)33-14-8-3-9-15-33)28-17-19-31(20-18-28)40-43-38(29-10-4-1-5-11-29)42-39(44-40)30-12-6-2-7-13-30/h1-25H. The summed E-state index contributed by atoms with van der Waals surface area (Å²) < 4.78 is 2.26. The van der Waals surface area contributed by atoms with Gasteiger partial charge >= 0.3 is 0 Å². The lowest BCUT2D eigenvalue weighted by Crippen LogP contribution is -2.00. The second-order valence-corrected chi connectivity index (χ2v) is 10.9. The van der Waals surface area contributed by atoms with Gasteiger partial charge in [0.1, 0.15) is 0 Å². The molecule has 8 aromatic rings. The fourth-order valence-electron chi connectivity index (χ4n) is 5.88. The third-order valence-electron chi connectivity index (χ3n) is 8.08. The summed E-state index contributed by atoms with van der Waals surface area (Å²) in [6, 6.07) is 53.5. The Morgan fingerprint density at radius 2 is 0.867 bits per heavy atom. The SMILES string of the molecule is N#Cc1ccc2c(c1)c1cc(-c3ccc(-c4nc(-c5ccccc5)nc(-c5ccccc5)n4)cc3)ccc1n2-c1ccccc1. The molecule has 0 aliphatic rings. The highest BCUT2D eigenvalue weighted by molar-refractivity contribution is 6.10. The van der Waals surface area contributed by atoms with Crippen molar-refractivity contribution in [2.24, 2.45) is 0 Å². The van der Waals surface area contributed by atoms with Crippen molar-refractivity contribution in [3.8, 4) is 57.0 Å². The highest BCUT2D eigenvalue weighted by atomic mass is 15.0. The molecule has 2 heterocycles. The van der Waals surface area contributed by atoms with Crippen LogP contribution in [0.25, 0.3) is 72.8 Å². The molecule has 0 fully saturated rings.